The van der Waals surface area contributed by atoms with Crippen LogP contribution in [0.3, 0.4) is 0 Å². The Hall–Kier alpha value is -3.25. The summed E-state index contributed by atoms with van der Waals surface area (Å²) in [4.78, 5) is 38.1. The Labute approximate surface area is 219 Å². The number of amides is 1. The molecule has 0 aromatic carbocycles. The number of carbonyl (C=O) groups excluding carboxylic acids is 2. The van der Waals surface area contributed by atoms with Crippen molar-refractivity contribution in [3.8, 4) is 0 Å². The van der Waals surface area contributed by atoms with E-state index in [0.29, 0.717) is 62.4 Å². The van der Waals surface area contributed by atoms with Crippen LogP contribution >= 0.6 is 0 Å². The van der Waals surface area contributed by atoms with Crippen LogP contribution in [-0.2, 0) is 27.1 Å². The van der Waals surface area contributed by atoms with Crippen LogP contribution in [0.4, 0.5) is 23.9 Å². The van der Waals surface area contributed by atoms with E-state index in [2.05, 4.69) is 24.8 Å². The highest BCUT2D eigenvalue weighted by molar-refractivity contribution is 5.85. The predicted molar refractivity (Wildman–Crippen MR) is 129 cm³/mol. The molecule has 210 valence electrons. The molecule has 0 saturated heterocycles. The van der Waals surface area contributed by atoms with Crippen molar-refractivity contribution in [1.29, 1.82) is 0 Å². The molecule has 1 amide bonds. The highest BCUT2D eigenvalue weighted by atomic mass is 19.4. The van der Waals surface area contributed by atoms with E-state index in [0.717, 1.165) is 37.4 Å². The number of hydrogen-bond acceptors (Lipinski definition) is 9. The van der Waals surface area contributed by atoms with Crippen molar-refractivity contribution in [3.05, 3.63) is 29.7 Å². The topological polar surface area (TPSA) is 121 Å². The Bertz CT molecular complexity index is 1070. The summed E-state index contributed by atoms with van der Waals surface area (Å²) in [6, 6.07) is 1.66. The fraction of sp³-hybridized carbons (Fsp3) is 0.680. The number of esters is 1. The zero-order valence-electron chi connectivity index (χ0n) is 21.9. The Morgan fingerprint density at radius 1 is 1.08 bits per heavy atom. The molecule has 1 aliphatic rings. The third kappa shape index (κ3) is 8.66. The summed E-state index contributed by atoms with van der Waals surface area (Å²) in [5.74, 6) is 1.35. The van der Waals surface area contributed by atoms with Gasteiger partial charge in [-0.05, 0) is 64.9 Å². The minimum absolute atomic E-state index is 0.0376. The van der Waals surface area contributed by atoms with E-state index in [9.17, 15) is 22.8 Å². The fourth-order valence-electron chi connectivity index (χ4n) is 3.54. The lowest BCUT2D eigenvalue weighted by Gasteiger charge is -2.30. The first-order valence-corrected chi connectivity index (χ1v) is 12.8. The van der Waals surface area contributed by atoms with Gasteiger partial charge in [0.25, 0.3) is 0 Å². The molecule has 2 aromatic heterocycles. The smallest absolute Gasteiger partial charge is 0.427 e. The van der Waals surface area contributed by atoms with Crippen LogP contribution in [0.1, 0.15) is 88.5 Å². The minimum atomic E-state index is -4.75. The molecule has 38 heavy (non-hydrogen) atoms. The number of aryl methyl sites for hydroxylation is 2. The summed E-state index contributed by atoms with van der Waals surface area (Å²) in [6.45, 7) is 1.65. The van der Waals surface area contributed by atoms with Crippen molar-refractivity contribution in [1.82, 2.24) is 20.1 Å². The van der Waals surface area contributed by atoms with Crippen LogP contribution in [0.25, 0.3) is 0 Å². The van der Waals surface area contributed by atoms with Crippen molar-refractivity contribution in [2.45, 2.75) is 95.8 Å². The number of hydrogen-bond donors (Lipinski definition) is 0. The lowest BCUT2D eigenvalue weighted by atomic mass is 10.1. The fourth-order valence-corrected chi connectivity index (χ4v) is 3.54. The van der Waals surface area contributed by atoms with Gasteiger partial charge in [-0.25, -0.2) is 19.7 Å². The standard InChI is InChI=1S/C25H34F3N5O5/c1-24(2,25(26,27)28)37-23(35)33(16-8-4-5-10-19-31-21(32-38-19)17-12-13-17)22-29-15-14-18(30-22)9-6-7-11-20(34)36-3/h14-15,17H,4-13,16H2,1-3H3. The maximum atomic E-state index is 13.4. The normalized spacial score (nSPS) is 13.8. The van der Waals surface area contributed by atoms with Crippen LogP contribution in [0.5, 0.6) is 0 Å². The van der Waals surface area contributed by atoms with Gasteiger partial charge in [-0.15, -0.1) is 0 Å². The molecule has 0 radical (unpaired) electrons. The third-order valence-electron chi connectivity index (χ3n) is 6.18. The van der Waals surface area contributed by atoms with Crippen molar-refractivity contribution < 1.29 is 36.8 Å². The first kappa shape index (κ1) is 29.3. The van der Waals surface area contributed by atoms with E-state index in [1.165, 1.54) is 13.3 Å². The number of aromatic nitrogens is 4. The zero-order chi connectivity index (χ0) is 27.8. The summed E-state index contributed by atoms with van der Waals surface area (Å²) in [5.41, 5.74) is -2.10. The van der Waals surface area contributed by atoms with Gasteiger partial charge in [0.1, 0.15) is 0 Å². The molecular weight excluding hydrogens is 507 g/mol. The van der Waals surface area contributed by atoms with E-state index < -0.39 is 17.9 Å². The lowest BCUT2D eigenvalue weighted by Crippen LogP contribution is -2.47. The summed E-state index contributed by atoms with van der Waals surface area (Å²) < 4.78 is 54.8. The molecule has 0 spiro atoms. The number of rotatable bonds is 14. The SMILES string of the molecule is COC(=O)CCCCc1ccnc(N(CCCCCc2nc(C3CC3)no2)C(=O)OC(C)(C)C(F)(F)F)n1. The Morgan fingerprint density at radius 3 is 2.50 bits per heavy atom. The van der Waals surface area contributed by atoms with E-state index in [-0.39, 0.29) is 24.9 Å². The van der Waals surface area contributed by atoms with Crippen molar-refractivity contribution in [2.24, 2.45) is 0 Å². The molecule has 0 unspecified atom stereocenters. The van der Waals surface area contributed by atoms with E-state index in [1.54, 1.807) is 6.07 Å². The van der Waals surface area contributed by atoms with Crippen LogP contribution in [0.2, 0.25) is 0 Å². The number of methoxy groups -OCH3 is 1. The largest absolute Gasteiger partial charge is 0.469 e. The number of nitrogens with zero attached hydrogens (tertiary/aromatic N) is 5. The molecule has 0 aliphatic heterocycles. The molecule has 0 atom stereocenters. The first-order chi connectivity index (χ1) is 18.0. The monoisotopic (exact) mass is 541 g/mol. The first-order valence-electron chi connectivity index (χ1n) is 12.8. The molecule has 0 N–H and O–H groups in total. The van der Waals surface area contributed by atoms with Crippen molar-refractivity contribution in [3.63, 3.8) is 0 Å². The van der Waals surface area contributed by atoms with Crippen molar-refractivity contribution >= 4 is 18.0 Å². The molecule has 2 aromatic rings. The Balaban J connectivity index is 1.60. The average Bonchev–Trinajstić information content (AvgIpc) is 3.61. The molecule has 3 rings (SSSR count). The zero-order valence-corrected chi connectivity index (χ0v) is 21.9. The number of carbonyl (C=O) groups is 2. The second-order valence-corrected chi connectivity index (χ2v) is 9.79. The molecule has 1 fully saturated rings. The molecule has 1 aliphatic carbocycles. The quantitative estimate of drug-likeness (QED) is 0.231. The van der Waals surface area contributed by atoms with Gasteiger partial charge in [-0.3, -0.25) is 4.79 Å². The summed E-state index contributed by atoms with van der Waals surface area (Å²) in [5, 5.41) is 3.98. The molecular formula is C25H34F3N5O5. The molecule has 10 nitrogen and oxygen atoms in total. The highest BCUT2D eigenvalue weighted by Crippen LogP contribution is 2.38. The number of halogens is 3. The van der Waals surface area contributed by atoms with Crippen LogP contribution in [-0.4, -0.2) is 57.6 Å². The second kappa shape index (κ2) is 13.0. The number of anilines is 1. The van der Waals surface area contributed by atoms with Gasteiger partial charge >= 0.3 is 18.2 Å². The van der Waals surface area contributed by atoms with E-state index >= 15 is 0 Å². The maximum Gasteiger partial charge on any atom is 0.427 e. The second-order valence-electron chi connectivity index (χ2n) is 9.79. The number of alkyl halides is 3. The minimum Gasteiger partial charge on any atom is -0.469 e. The van der Waals surface area contributed by atoms with Gasteiger partial charge in [0.2, 0.25) is 17.4 Å². The van der Waals surface area contributed by atoms with Gasteiger partial charge in [-0.1, -0.05) is 11.6 Å². The lowest BCUT2D eigenvalue weighted by molar-refractivity contribution is -0.243. The van der Waals surface area contributed by atoms with Gasteiger partial charge in [-0.2, -0.15) is 18.2 Å². The van der Waals surface area contributed by atoms with Gasteiger partial charge in [0.15, 0.2) is 5.82 Å². The van der Waals surface area contributed by atoms with Crippen LogP contribution in [0.15, 0.2) is 16.8 Å². The number of ether oxygens (including phenoxy) is 2. The van der Waals surface area contributed by atoms with Gasteiger partial charge < -0.3 is 14.0 Å². The Morgan fingerprint density at radius 2 is 1.82 bits per heavy atom. The predicted octanol–water partition coefficient (Wildman–Crippen LogP) is 5.32. The van der Waals surface area contributed by atoms with Crippen LogP contribution < -0.4 is 4.90 Å². The summed E-state index contributed by atoms with van der Waals surface area (Å²) in [6.07, 6.45) is 2.04. The third-order valence-corrected chi connectivity index (χ3v) is 6.18. The summed E-state index contributed by atoms with van der Waals surface area (Å²) >= 11 is 0. The van der Waals surface area contributed by atoms with Crippen LogP contribution in [0, 0.1) is 0 Å². The molecule has 13 heteroatoms. The Kier molecular flexibility index (Phi) is 10.0. The van der Waals surface area contributed by atoms with E-state index in [4.69, 9.17) is 9.26 Å². The number of unbranched alkanes of at least 4 members (excludes halogenated alkanes) is 3. The highest BCUT2D eigenvalue weighted by Gasteiger charge is 2.51. The van der Waals surface area contributed by atoms with Crippen molar-refractivity contribution in [2.75, 3.05) is 18.6 Å². The maximum absolute atomic E-state index is 13.4. The summed E-state index contributed by atoms with van der Waals surface area (Å²) in [7, 11) is 1.32. The average molecular weight is 542 g/mol. The molecule has 2 heterocycles. The van der Waals surface area contributed by atoms with E-state index in [1.807, 2.05) is 0 Å². The molecule has 0 bridgehead atoms. The molecule has 1 saturated carbocycles. The van der Waals surface area contributed by atoms with Gasteiger partial charge in [0.05, 0.1) is 7.11 Å². The van der Waals surface area contributed by atoms with Gasteiger partial charge in [0, 0.05) is 37.2 Å².